The summed E-state index contributed by atoms with van der Waals surface area (Å²) in [5.41, 5.74) is 9.29. The summed E-state index contributed by atoms with van der Waals surface area (Å²) in [7, 11) is 0. The standard InChI is InChI=1S/C17H20BrClN2/c1-12-7-14(18)9-16(8-12)21-17(2,11-20)10-13-3-5-15(19)6-4-13/h3-9,21H,10-11,20H2,1-2H3. The Kier molecular flexibility index (Phi) is 5.31. The molecule has 0 saturated carbocycles. The van der Waals surface area contributed by atoms with Crippen LogP contribution < -0.4 is 11.1 Å². The van der Waals surface area contributed by atoms with Crippen LogP contribution in [0, 0.1) is 6.92 Å². The zero-order valence-electron chi connectivity index (χ0n) is 12.3. The fourth-order valence-electron chi connectivity index (χ4n) is 2.38. The fourth-order valence-corrected chi connectivity index (χ4v) is 3.11. The van der Waals surface area contributed by atoms with Gasteiger partial charge in [-0.15, -0.1) is 0 Å². The number of rotatable bonds is 5. The number of hydrogen-bond donors (Lipinski definition) is 2. The van der Waals surface area contributed by atoms with Crippen LogP contribution in [-0.4, -0.2) is 12.1 Å². The summed E-state index contributed by atoms with van der Waals surface area (Å²) in [4.78, 5) is 0. The molecule has 2 aromatic rings. The first-order valence-electron chi connectivity index (χ1n) is 6.90. The zero-order valence-corrected chi connectivity index (χ0v) is 14.6. The normalized spacial score (nSPS) is 13.8. The first-order valence-corrected chi connectivity index (χ1v) is 8.07. The highest BCUT2D eigenvalue weighted by Crippen LogP contribution is 2.24. The summed E-state index contributed by atoms with van der Waals surface area (Å²) in [6.45, 7) is 4.76. The number of anilines is 1. The summed E-state index contributed by atoms with van der Waals surface area (Å²) in [5.74, 6) is 0. The number of aryl methyl sites for hydroxylation is 1. The second-order valence-electron chi connectivity index (χ2n) is 5.71. The minimum Gasteiger partial charge on any atom is -0.378 e. The van der Waals surface area contributed by atoms with E-state index in [-0.39, 0.29) is 5.54 Å². The van der Waals surface area contributed by atoms with Crippen molar-refractivity contribution >= 4 is 33.2 Å². The van der Waals surface area contributed by atoms with Crippen molar-refractivity contribution in [2.45, 2.75) is 25.8 Å². The van der Waals surface area contributed by atoms with E-state index in [1.807, 2.05) is 24.3 Å². The predicted molar refractivity (Wildman–Crippen MR) is 95.1 cm³/mol. The molecule has 112 valence electrons. The molecule has 2 rings (SSSR count). The van der Waals surface area contributed by atoms with E-state index in [9.17, 15) is 0 Å². The molecule has 2 nitrogen and oxygen atoms in total. The predicted octanol–water partition coefficient (Wildman–Crippen LogP) is 4.78. The molecule has 3 N–H and O–H groups in total. The Hall–Kier alpha value is -1.03. The molecule has 0 saturated heterocycles. The van der Waals surface area contributed by atoms with Gasteiger partial charge in [-0.25, -0.2) is 0 Å². The van der Waals surface area contributed by atoms with E-state index in [1.165, 1.54) is 11.1 Å². The lowest BCUT2D eigenvalue weighted by Crippen LogP contribution is -2.44. The molecule has 1 atom stereocenters. The molecule has 0 heterocycles. The molecule has 0 aliphatic rings. The summed E-state index contributed by atoms with van der Waals surface area (Å²) < 4.78 is 1.07. The van der Waals surface area contributed by atoms with Crippen molar-refractivity contribution in [2.75, 3.05) is 11.9 Å². The van der Waals surface area contributed by atoms with E-state index in [4.69, 9.17) is 17.3 Å². The SMILES string of the molecule is Cc1cc(Br)cc(NC(C)(CN)Cc2ccc(Cl)cc2)c1. The Labute approximate surface area is 139 Å². The number of halogens is 2. The van der Waals surface area contributed by atoms with Crippen molar-refractivity contribution in [3.05, 3.63) is 63.1 Å². The minimum atomic E-state index is -0.207. The van der Waals surface area contributed by atoms with E-state index in [0.29, 0.717) is 6.54 Å². The topological polar surface area (TPSA) is 38.0 Å². The van der Waals surface area contributed by atoms with E-state index in [2.05, 4.69) is 53.3 Å². The van der Waals surface area contributed by atoms with Crippen molar-refractivity contribution < 1.29 is 0 Å². The zero-order chi connectivity index (χ0) is 15.5. The average molecular weight is 368 g/mol. The second kappa shape index (κ2) is 6.82. The van der Waals surface area contributed by atoms with Gasteiger partial charge in [0.2, 0.25) is 0 Å². The van der Waals surface area contributed by atoms with E-state index >= 15 is 0 Å². The first-order chi connectivity index (χ1) is 9.90. The molecule has 0 bridgehead atoms. The van der Waals surface area contributed by atoms with Crippen LogP contribution in [0.15, 0.2) is 46.9 Å². The highest BCUT2D eigenvalue weighted by molar-refractivity contribution is 9.10. The molecule has 4 heteroatoms. The molecule has 21 heavy (non-hydrogen) atoms. The van der Waals surface area contributed by atoms with Crippen LogP contribution >= 0.6 is 27.5 Å². The van der Waals surface area contributed by atoms with Crippen LogP contribution in [0.4, 0.5) is 5.69 Å². The molecule has 0 amide bonds. The van der Waals surface area contributed by atoms with Crippen molar-refractivity contribution in [1.82, 2.24) is 0 Å². The van der Waals surface area contributed by atoms with Crippen molar-refractivity contribution in [3.63, 3.8) is 0 Å². The number of nitrogens with two attached hydrogens (primary N) is 1. The number of nitrogens with one attached hydrogen (secondary N) is 1. The molecule has 0 aliphatic carbocycles. The number of benzene rings is 2. The van der Waals surface area contributed by atoms with Crippen molar-refractivity contribution in [3.8, 4) is 0 Å². The molecule has 0 aromatic heterocycles. The maximum absolute atomic E-state index is 6.01. The van der Waals surface area contributed by atoms with Gasteiger partial charge in [0.1, 0.15) is 0 Å². The summed E-state index contributed by atoms with van der Waals surface area (Å²) in [6.07, 6.45) is 0.840. The maximum atomic E-state index is 6.01. The monoisotopic (exact) mass is 366 g/mol. The van der Waals surface area contributed by atoms with Crippen LogP contribution in [0.25, 0.3) is 0 Å². The molecule has 2 aromatic carbocycles. The Bertz CT molecular complexity index is 592. The van der Waals surface area contributed by atoms with E-state index in [1.54, 1.807) is 0 Å². The van der Waals surface area contributed by atoms with Gasteiger partial charge < -0.3 is 11.1 Å². The van der Waals surface area contributed by atoms with Gasteiger partial charge in [-0.2, -0.15) is 0 Å². The lowest BCUT2D eigenvalue weighted by Gasteiger charge is -2.31. The lowest BCUT2D eigenvalue weighted by molar-refractivity contribution is 0.521. The smallest absolute Gasteiger partial charge is 0.0507 e. The van der Waals surface area contributed by atoms with Crippen LogP contribution in [0.1, 0.15) is 18.1 Å². The third-order valence-corrected chi connectivity index (χ3v) is 4.16. The van der Waals surface area contributed by atoms with Crippen LogP contribution in [0.5, 0.6) is 0 Å². The van der Waals surface area contributed by atoms with Gasteiger partial charge in [-0.1, -0.05) is 39.7 Å². The third kappa shape index (κ3) is 4.73. The van der Waals surface area contributed by atoms with Gasteiger partial charge in [0, 0.05) is 21.7 Å². The maximum Gasteiger partial charge on any atom is 0.0507 e. The third-order valence-electron chi connectivity index (χ3n) is 3.45. The largest absolute Gasteiger partial charge is 0.378 e. The molecule has 0 fully saturated rings. The second-order valence-corrected chi connectivity index (χ2v) is 7.06. The Balaban J connectivity index is 2.18. The average Bonchev–Trinajstić information content (AvgIpc) is 2.40. The van der Waals surface area contributed by atoms with Crippen molar-refractivity contribution in [1.29, 1.82) is 0 Å². The molecule has 0 aliphatic heterocycles. The number of hydrogen-bond acceptors (Lipinski definition) is 2. The Morgan fingerprint density at radius 1 is 1.19 bits per heavy atom. The highest BCUT2D eigenvalue weighted by atomic mass is 79.9. The summed E-state index contributed by atoms with van der Waals surface area (Å²) in [6, 6.07) is 14.2. The Morgan fingerprint density at radius 2 is 1.86 bits per heavy atom. The molecule has 0 radical (unpaired) electrons. The highest BCUT2D eigenvalue weighted by Gasteiger charge is 2.23. The van der Waals surface area contributed by atoms with Gasteiger partial charge in [-0.05, 0) is 61.7 Å². The van der Waals surface area contributed by atoms with Gasteiger partial charge in [0.25, 0.3) is 0 Å². The van der Waals surface area contributed by atoms with Gasteiger partial charge in [0.15, 0.2) is 0 Å². The van der Waals surface area contributed by atoms with Crippen molar-refractivity contribution in [2.24, 2.45) is 5.73 Å². The minimum absolute atomic E-state index is 0.207. The van der Waals surface area contributed by atoms with Gasteiger partial charge >= 0.3 is 0 Å². The first kappa shape index (κ1) is 16.3. The quantitative estimate of drug-likeness (QED) is 0.798. The van der Waals surface area contributed by atoms with E-state index in [0.717, 1.165) is 21.6 Å². The molecule has 0 spiro atoms. The fraction of sp³-hybridized carbons (Fsp3) is 0.294. The van der Waals surface area contributed by atoms with Crippen LogP contribution in [0.2, 0.25) is 5.02 Å². The Morgan fingerprint density at radius 3 is 2.43 bits per heavy atom. The molecular formula is C17H20BrClN2. The molecular weight excluding hydrogens is 348 g/mol. The summed E-state index contributed by atoms with van der Waals surface area (Å²) in [5, 5.41) is 4.32. The van der Waals surface area contributed by atoms with E-state index < -0.39 is 0 Å². The van der Waals surface area contributed by atoms with Gasteiger partial charge in [0.05, 0.1) is 5.54 Å². The van der Waals surface area contributed by atoms with Crippen LogP contribution in [0.3, 0.4) is 0 Å². The van der Waals surface area contributed by atoms with Crippen LogP contribution in [-0.2, 0) is 6.42 Å². The lowest BCUT2D eigenvalue weighted by atomic mass is 9.92. The summed E-state index contributed by atoms with van der Waals surface area (Å²) >= 11 is 9.47. The van der Waals surface area contributed by atoms with Gasteiger partial charge in [-0.3, -0.25) is 0 Å². The molecule has 1 unspecified atom stereocenters.